The van der Waals surface area contributed by atoms with Gasteiger partial charge in [0.1, 0.15) is 10.8 Å². The smallest absolute Gasteiger partial charge is 0.124 e. The van der Waals surface area contributed by atoms with Gasteiger partial charge in [0.15, 0.2) is 0 Å². The minimum atomic E-state index is 0.356. The zero-order valence-electron chi connectivity index (χ0n) is 22.3. The molecule has 0 atom stereocenters. The van der Waals surface area contributed by atoms with Gasteiger partial charge in [0.2, 0.25) is 0 Å². The first-order valence-corrected chi connectivity index (χ1v) is 13.7. The molecule has 0 aliphatic heterocycles. The second-order valence-corrected chi connectivity index (χ2v) is 10.1. The fourth-order valence-corrected chi connectivity index (χ4v) is 5.83. The maximum absolute atomic E-state index is 10.3. The highest BCUT2D eigenvalue weighted by atomic mass is 32.1. The number of aromatic nitrogens is 1. The summed E-state index contributed by atoms with van der Waals surface area (Å²) in [6.45, 7) is 16.6. The average molecular weight is 500 g/mol. The Hall–Kier alpha value is -3.31. The number of phenolic OH excluding ortho intramolecular Hbond substituents is 1. The molecule has 3 aromatic carbocycles. The van der Waals surface area contributed by atoms with Crippen LogP contribution in [0.25, 0.3) is 32.3 Å². The summed E-state index contributed by atoms with van der Waals surface area (Å²) >= 11 is 1.71. The van der Waals surface area contributed by atoms with Gasteiger partial charge in [-0.25, -0.2) is 4.98 Å². The van der Waals surface area contributed by atoms with Gasteiger partial charge in [0.05, 0.1) is 10.6 Å². The van der Waals surface area contributed by atoms with Crippen LogP contribution in [-0.4, -0.2) is 36.3 Å². The van der Waals surface area contributed by atoms with Crippen molar-refractivity contribution in [1.29, 1.82) is 0 Å². The van der Waals surface area contributed by atoms with E-state index in [1.165, 1.54) is 16.9 Å². The molecule has 4 rings (SSSR count). The van der Waals surface area contributed by atoms with Crippen LogP contribution in [-0.2, 0) is 0 Å². The van der Waals surface area contributed by atoms with E-state index in [-0.39, 0.29) is 0 Å². The number of nitrogens with zero attached hydrogens (tertiary/aromatic N) is 3. The van der Waals surface area contributed by atoms with Crippen LogP contribution < -0.4 is 9.80 Å². The van der Waals surface area contributed by atoms with E-state index in [4.69, 9.17) is 4.98 Å². The number of rotatable bonds is 9. The Kier molecular flexibility index (Phi) is 8.00. The molecule has 36 heavy (non-hydrogen) atoms. The van der Waals surface area contributed by atoms with E-state index in [0.29, 0.717) is 5.75 Å². The van der Waals surface area contributed by atoms with Crippen LogP contribution in [0.5, 0.6) is 5.75 Å². The van der Waals surface area contributed by atoms with Gasteiger partial charge in [0.25, 0.3) is 0 Å². The van der Waals surface area contributed by atoms with Gasteiger partial charge >= 0.3 is 0 Å². The molecule has 0 fully saturated rings. The van der Waals surface area contributed by atoms with Gasteiger partial charge in [-0.3, -0.25) is 0 Å². The van der Waals surface area contributed by atoms with E-state index in [1.807, 2.05) is 26.0 Å². The molecule has 188 valence electrons. The minimum Gasteiger partial charge on any atom is -0.507 e. The van der Waals surface area contributed by atoms with E-state index in [1.54, 1.807) is 11.3 Å². The second kappa shape index (κ2) is 11.2. The van der Waals surface area contributed by atoms with Crippen molar-refractivity contribution in [3.05, 3.63) is 71.8 Å². The number of hydrogen-bond acceptors (Lipinski definition) is 5. The summed E-state index contributed by atoms with van der Waals surface area (Å²) in [7, 11) is 0. The number of phenols is 1. The lowest BCUT2D eigenvalue weighted by molar-refractivity contribution is 0.467. The number of aromatic hydroxyl groups is 1. The van der Waals surface area contributed by atoms with Gasteiger partial charge in [-0.2, -0.15) is 0 Å². The topological polar surface area (TPSA) is 39.6 Å². The first-order chi connectivity index (χ1) is 17.4. The molecule has 4 aromatic rings. The molecular formula is C31H37N3OS. The summed E-state index contributed by atoms with van der Waals surface area (Å²) in [5.74, 6) is 0.356. The second-order valence-electron chi connectivity index (χ2n) is 9.09. The third-order valence-electron chi connectivity index (χ3n) is 6.89. The van der Waals surface area contributed by atoms with Crippen LogP contribution in [0, 0.1) is 13.8 Å². The maximum Gasteiger partial charge on any atom is 0.124 e. The molecule has 4 nitrogen and oxygen atoms in total. The number of anilines is 2. The van der Waals surface area contributed by atoms with E-state index >= 15 is 0 Å². The first-order valence-electron chi connectivity index (χ1n) is 12.9. The number of benzene rings is 3. The third-order valence-corrected chi connectivity index (χ3v) is 8.05. The zero-order valence-corrected chi connectivity index (χ0v) is 23.1. The number of hydrogen-bond donors (Lipinski definition) is 1. The normalized spacial score (nSPS) is 11.1. The van der Waals surface area contributed by atoms with Crippen molar-refractivity contribution in [2.24, 2.45) is 0 Å². The van der Waals surface area contributed by atoms with Gasteiger partial charge in [-0.15, -0.1) is 11.3 Å². The summed E-state index contributed by atoms with van der Waals surface area (Å²) in [5, 5.41) is 11.3. The average Bonchev–Trinajstić information content (AvgIpc) is 3.35. The lowest BCUT2D eigenvalue weighted by Crippen LogP contribution is -2.21. The summed E-state index contributed by atoms with van der Waals surface area (Å²) < 4.78 is 0. The van der Waals surface area contributed by atoms with Gasteiger partial charge in [-0.05, 0) is 94.6 Å². The van der Waals surface area contributed by atoms with Crippen LogP contribution in [0.1, 0.15) is 38.8 Å². The number of thiazole rings is 1. The zero-order chi connectivity index (χ0) is 25.8. The third kappa shape index (κ3) is 5.12. The van der Waals surface area contributed by atoms with Crippen LogP contribution >= 0.6 is 11.3 Å². The molecule has 5 heteroatoms. The molecule has 0 radical (unpaired) electrons. The lowest BCUT2D eigenvalue weighted by atomic mass is 10.0. The summed E-state index contributed by atoms with van der Waals surface area (Å²) in [6.07, 6.45) is 0. The highest BCUT2D eigenvalue weighted by molar-refractivity contribution is 7.19. The summed E-state index contributed by atoms with van der Waals surface area (Å²) in [6, 6.07) is 21.7. The predicted molar refractivity (Wildman–Crippen MR) is 157 cm³/mol. The fourth-order valence-electron chi connectivity index (χ4n) is 4.75. The van der Waals surface area contributed by atoms with Gasteiger partial charge in [-0.1, -0.05) is 24.3 Å². The Morgan fingerprint density at radius 2 is 1.11 bits per heavy atom. The van der Waals surface area contributed by atoms with Gasteiger partial charge in [0, 0.05) is 48.7 Å². The van der Waals surface area contributed by atoms with Crippen molar-refractivity contribution in [1.82, 2.24) is 4.98 Å². The Morgan fingerprint density at radius 1 is 0.667 bits per heavy atom. The van der Waals surface area contributed by atoms with Crippen molar-refractivity contribution in [3.63, 3.8) is 0 Å². The van der Waals surface area contributed by atoms with Crippen molar-refractivity contribution < 1.29 is 5.11 Å². The molecule has 0 aliphatic rings. The monoisotopic (exact) mass is 499 g/mol. The highest BCUT2D eigenvalue weighted by Gasteiger charge is 2.18. The van der Waals surface area contributed by atoms with Gasteiger partial charge < -0.3 is 14.9 Å². The molecule has 0 saturated heterocycles. The lowest BCUT2D eigenvalue weighted by Gasteiger charge is -2.21. The van der Waals surface area contributed by atoms with E-state index in [2.05, 4.69) is 86.0 Å². The largest absolute Gasteiger partial charge is 0.507 e. The minimum absolute atomic E-state index is 0.356. The summed E-state index contributed by atoms with van der Waals surface area (Å²) in [5.41, 5.74) is 8.54. The molecule has 0 amide bonds. The molecule has 0 aliphatic carbocycles. The summed E-state index contributed by atoms with van der Waals surface area (Å²) in [4.78, 5) is 11.0. The van der Waals surface area contributed by atoms with E-state index < -0.39 is 0 Å². The molecule has 1 heterocycles. The molecule has 0 bridgehead atoms. The first kappa shape index (κ1) is 25.8. The van der Waals surface area contributed by atoms with Crippen LogP contribution in [0.4, 0.5) is 11.4 Å². The molecule has 0 unspecified atom stereocenters. The standard InChI is InChI=1S/C31H37N3OS/c1-7-33(8-2)26-15-11-23(12-16-26)28-30(24-13-17-27(18-14-24)34(9-3)10-4)36-31(32-28)25-19-21(5)29(35)22(6)20-25/h11-20,35H,7-10H2,1-6H3. The van der Waals surface area contributed by atoms with Crippen LogP contribution in [0.3, 0.4) is 0 Å². The Labute approximate surface area is 219 Å². The van der Waals surface area contributed by atoms with Crippen molar-refractivity contribution in [2.45, 2.75) is 41.5 Å². The van der Waals surface area contributed by atoms with Crippen molar-refractivity contribution >= 4 is 22.7 Å². The molecule has 0 saturated carbocycles. The molecule has 1 N–H and O–H groups in total. The molecule has 0 spiro atoms. The Morgan fingerprint density at radius 3 is 1.56 bits per heavy atom. The Balaban J connectivity index is 1.82. The van der Waals surface area contributed by atoms with E-state index in [0.717, 1.165) is 64.0 Å². The SMILES string of the molecule is CCN(CC)c1ccc(-c2nc(-c3cc(C)c(O)c(C)c3)sc2-c2ccc(N(CC)CC)cc2)cc1. The van der Waals surface area contributed by atoms with E-state index in [9.17, 15) is 5.11 Å². The quantitative estimate of drug-likeness (QED) is 0.252. The highest BCUT2D eigenvalue weighted by Crippen LogP contribution is 2.42. The fraction of sp³-hybridized carbons (Fsp3) is 0.323. The maximum atomic E-state index is 10.3. The van der Waals surface area contributed by atoms with Crippen LogP contribution in [0.15, 0.2) is 60.7 Å². The molecule has 1 aromatic heterocycles. The number of aryl methyl sites for hydroxylation is 2. The predicted octanol–water partition coefficient (Wildman–Crippen LogP) is 8.16. The van der Waals surface area contributed by atoms with Crippen molar-refractivity contribution in [2.75, 3.05) is 36.0 Å². The molecular weight excluding hydrogens is 462 g/mol. The Bertz CT molecular complexity index is 1200. The van der Waals surface area contributed by atoms with Crippen LogP contribution in [0.2, 0.25) is 0 Å². The van der Waals surface area contributed by atoms with Crippen molar-refractivity contribution in [3.8, 4) is 38.0 Å².